The lowest BCUT2D eigenvalue weighted by Crippen LogP contribution is -2.10. The molecule has 0 aliphatic rings. The van der Waals surface area contributed by atoms with E-state index in [2.05, 4.69) is 0 Å². The Balaban J connectivity index is 1.88. The third-order valence-electron chi connectivity index (χ3n) is 2.50. The molecule has 20 heavy (non-hydrogen) atoms. The molecule has 0 aliphatic carbocycles. The van der Waals surface area contributed by atoms with Gasteiger partial charge in [0.15, 0.2) is 5.75 Å². The highest BCUT2D eigenvalue weighted by Gasteiger charge is 2.13. The lowest BCUT2D eigenvalue weighted by atomic mass is 10.3. The quantitative estimate of drug-likeness (QED) is 0.463. The van der Waals surface area contributed by atoms with Crippen LogP contribution in [0.5, 0.6) is 11.5 Å². The van der Waals surface area contributed by atoms with E-state index >= 15 is 0 Å². The second-order valence-corrected chi connectivity index (χ2v) is 4.26. The number of nitro groups is 1. The minimum absolute atomic E-state index is 0.0646. The molecular formula is C14H12ClNO4. The van der Waals surface area contributed by atoms with Gasteiger partial charge in [-0.15, -0.1) is 0 Å². The highest BCUT2D eigenvalue weighted by Crippen LogP contribution is 2.26. The first kappa shape index (κ1) is 14.1. The van der Waals surface area contributed by atoms with Crippen molar-refractivity contribution in [3.8, 4) is 11.5 Å². The summed E-state index contributed by atoms with van der Waals surface area (Å²) in [6.45, 7) is 0.436. The van der Waals surface area contributed by atoms with Crippen molar-refractivity contribution in [1.29, 1.82) is 0 Å². The fourth-order valence-corrected chi connectivity index (χ4v) is 1.79. The van der Waals surface area contributed by atoms with E-state index in [1.165, 1.54) is 6.07 Å². The summed E-state index contributed by atoms with van der Waals surface area (Å²) in [7, 11) is 0. The van der Waals surface area contributed by atoms with Crippen LogP contribution < -0.4 is 9.47 Å². The molecule has 0 bridgehead atoms. The van der Waals surface area contributed by atoms with Crippen molar-refractivity contribution in [1.82, 2.24) is 0 Å². The minimum Gasteiger partial charge on any atom is -0.488 e. The number of nitro benzene ring substituents is 1. The molecular weight excluding hydrogens is 282 g/mol. The number of hydrogen-bond donors (Lipinski definition) is 0. The molecule has 0 aliphatic heterocycles. The average molecular weight is 294 g/mol. The molecule has 0 aromatic heterocycles. The highest BCUT2D eigenvalue weighted by molar-refractivity contribution is 6.32. The van der Waals surface area contributed by atoms with Gasteiger partial charge < -0.3 is 9.47 Å². The Hall–Kier alpha value is -2.27. The Kier molecular flexibility index (Phi) is 4.79. The third-order valence-corrected chi connectivity index (χ3v) is 2.81. The molecule has 0 radical (unpaired) electrons. The van der Waals surface area contributed by atoms with Crippen LogP contribution in [0.2, 0.25) is 5.02 Å². The minimum atomic E-state index is -0.482. The predicted molar refractivity (Wildman–Crippen MR) is 75.5 cm³/mol. The van der Waals surface area contributed by atoms with Crippen LogP contribution in [0.4, 0.5) is 5.69 Å². The number of halogens is 1. The fourth-order valence-electron chi connectivity index (χ4n) is 1.60. The second-order valence-electron chi connectivity index (χ2n) is 3.85. The Labute approximate surface area is 120 Å². The van der Waals surface area contributed by atoms with Gasteiger partial charge in [0.25, 0.3) is 0 Å². The molecule has 0 fully saturated rings. The molecule has 0 saturated heterocycles. The van der Waals surface area contributed by atoms with Crippen molar-refractivity contribution in [2.75, 3.05) is 13.2 Å². The maximum atomic E-state index is 10.8. The molecule has 0 N–H and O–H groups in total. The summed E-state index contributed by atoms with van der Waals surface area (Å²) < 4.78 is 10.8. The summed E-state index contributed by atoms with van der Waals surface area (Å²) in [5, 5.41) is 11.3. The number of ether oxygens (including phenoxy) is 2. The predicted octanol–water partition coefficient (Wildman–Crippen LogP) is 3.71. The van der Waals surface area contributed by atoms with E-state index in [4.69, 9.17) is 21.1 Å². The van der Waals surface area contributed by atoms with Crippen LogP contribution in [0.25, 0.3) is 0 Å². The van der Waals surface area contributed by atoms with E-state index in [0.29, 0.717) is 10.8 Å². The number of hydrogen-bond acceptors (Lipinski definition) is 4. The Morgan fingerprint density at radius 1 is 0.950 bits per heavy atom. The molecule has 0 heterocycles. The second kappa shape index (κ2) is 6.77. The Morgan fingerprint density at radius 2 is 1.50 bits per heavy atom. The fraction of sp³-hybridized carbons (Fsp3) is 0.143. The van der Waals surface area contributed by atoms with Gasteiger partial charge in [-0.05, 0) is 18.2 Å². The van der Waals surface area contributed by atoms with Gasteiger partial charge in [0.05, 0.1) is 9.95 Å². The molecule has 0 spiro atoms. The number of nitrogens with zero attached hydrogens (tertiary/aromatic N) is 1. The molecule has 2 aromatic carbocycles. The van der Waals surface area contributed by atoms with Gasteiger partial charge in [0, 0.05) is 6.07 Å². The summed E-state index contributed by atoms with van der Waals surface area (Å²) >= 11 is 5.93. The Bertz CT molecular complexity index is 603. The number of rotatable bonds is 6. The van der Waals surface area contributed by atoms with E-state index in [1.807, 2.05) is 6.07 Å². The van der Waals surface area contributed by atoms with Gasteiger partial charge in [-0.2, -0.15) is 0 Å². The summed E-state index contributed by atoms with van der Waals surface area (Å²) in [4.78, 5) is 10.3. The smallest absolute Gasteiger partial charge is 0.310 e. The van der Waals surface area contributed by atoms with Gasteiger partial charge >= 0.3 is 5.69 Å². The van der Waals surface area contributed by atoms with Crippen molar-refractivity contribution in [2.24, 2.45) is 0 Å². The zero-order valence-corrected chi connectivity index (χ0v) is 11.2. The largest absolute Gasteiger partial charge is 0.488 e. The lowest BCUT2D eigenvalue weighted by molar-refractivity contribution is -0.385. The molecule has 0 atom stereocenters. The maximum absolute atomic E-state index is 10.8. The van der Waals surface area contributed by atoms with Crippen LogP contribution in [-0.4, -0.2) is 18.1 Å². The normalized spacial score (nSPS) is 10.1. The van der Waals surface area contributed by atoms with Crippen LogP contribution in [-0.2, 0) is 0 Å². The highest BCUT2D eigenvalue weighted by atomic mass is 35.5. The molecule has 2 aromatic rings. The number of benzene rings is 2. The molecule has 6 heteroatoms. The van der Waals surface area contributed by atoms with E-state index in [-0.39, 0.29) is 24.7 Å². The molecule has 0 saturated carbocycles. The first-order chi connectivity index (χ1) is 9.68. The zero-order valence-electron chi connectivity index (χ0n) is 10.5. The molecule has 5 nitrogen and oxygen atoms in total. The van der Waals surface area contributed by atoms with Gasteiger partial charge in [0.1, 0.15) is 19.0 Å². The SMILES string of the molecule is O=[N+]([O-])c1ccccc1OCCOc1ccccc1Cl. The molecule has 0 amide bonds. The third kappa shape index (κ3) is 3.61. The van der Waals surface area contributed by atoms with Crippen molar-refractivity contribution < 1.29 is 14.4 Å². The lowest BCUT2D eigenvalue weighted by Gasteiger charge is -2.09. The molecule has 2 rings (SSSR count). The van der Waals surface area contributed by atoms with Crippen LogP contribution >= 0.6 is 11.6 Å². The first-order valence-corrected chi connectivity index (χ1v) is 6.30. The van der Waals surface area contributed by atoms with Crippen LogP contribution in [0.15, 0.2) is 48.5 Å². The summed E-state index contributed by atoms with van der Waals surface area (Å²) in [5.41, 5.74) is -0.0646. The first-order valence-electron chi connectivity index (χ1n) is 5.92. The van der Waals surface area contributed by atoms with E-state index in [1.54, 1.807) is 36.4 Å². The van der Waals surface area contributed by atoms with Gasteiger partial charge in [-0.1, -0.05) is 35.9 Å². The van der Waals surface area contributed by atoms with Gasteiger partial charge in [-0.25, -0.2) is 0 Å². The van der Waals surface area contributed by atoms with Crippen molar-refractivity contribution in [3.63, 3.8) is 0 Å². The number of para-hydroxylation sites is 3. The topological polar surface area (TPSA) is 61.6 Å². The van der Waals surface area contributed by atoms with E-state index in [0.717, 1.165) is 0 Å². The van der Waals surface area contributed by atoms with Gasteiger partial charge in [-0.3, -0.25) is 10.1 Å². The average Bonchev–Trinajstić information content (AvgIpc) is 2.45. The van der Waals surface area contributed by atoms with Crippen molar-refractivity contribution in [3.05, 3.63) is 63.7 Å². The summed E-state index contributed by atoms with van der Waals surface area (Å²) in [6, 6.07) is 13.3. The summed E-state index contributed by atoms with van der Waals surface area (Å²) in [6.07, 6.45) is 0. The van der Waals surface area contributed by atoms with Gasteiger partial charge in [0.2, 0.25) is 0 Å². The van der Waals surface area contributed by atoms with Crippen molar-refractivity contribution in [2.45, 2.75) is 0 Å². The molecule has 0 unspecified atom stereocenters. The maximum Gasteiger partial charge on any atom is 0.310 e. The van der Waals surface area contributed by atoms with Crippen LogP contribution in [0, 0.1) is 10.1 Å². The Morgan fingerprint density at radius 3 is 2.15 bits per heavy atom. The standard InChI is InChI=1S/C14H12ClNO4/c15-11-5-1-3-7-13(11)19-9-10-20-14-8-4-2-6-12(14)16(17)18/h1-8H,9-10H2. The van der Waals surface area contributed by atoms with Crippen LogP contribution in [0.1, 0.15) is 0 Å². The summed E-state index contributed by atoms with van der Waals surface area (Å²) in [5.74, 6) is 0.778. The van der Waals surface area contributed by atoms with Crippen LogP contribution in [0.3, 0.4) is 0 Å². The zero-order chi connectivity index (χ0) is 14.4. The van der Waals surface area contributed by atoms with E-state index < -0.39 is 4.92 Å². The van der Waals surface area contributed by atoms with E-state index in [9.17, 15) is 10.1 Å². The monoisotopic (exact) mass is 293 g/mol. The van der Waals surface area contributed by atoms with Crippen molar-refractivity contribution >= 4 is 17.3 Å². The molecule has 104 valence electrons.